The molecule has 0 radical (unpaired) electrons. The van der Waals surface area contributed by atoms with Crippen LogP contribution in [-0.2, 0) is 18.3 Å². The van der Waals surface area contributed by atoms with E-state index in [-0.39, 0.29) is 18.2 Å². The first kappa shape index (κ1) is 30.8. The monoisotopic (exact) mass is 647 g/mol. The number of thiazole rings is 1. The number of allylic oxidation sites excluding steroid dienone is 2. The second kappa shape index (κ2) is 12.4. The third kappa shape index (κ3) is 5.82. The molecule has 2 aliphatic rings. The Kier molecular flexibility index (Phi) is 8.13. The molecular weight excluding hydrogens is 611 g/mol. The minimum absolute atomic E-state index is 0.0635. The summed E-state index contributed by atoms with van der Waals surface area (Å²) in [5, 5.41) is 33.4. The summed E-state index contributed by atoms with van der Waals surface area (Å²) in [4.78, 5) is 17.1. The molecule has 0 saturated carbocycles. The Morgan fingerprint density at radius 3 is 2.79 bits per heavy atom. The van der Waals surface area contributed by atoms with E-state index in [1.54, 1.807) is 17.0 Å². The van der Waals surface area contributed by atoms with Crippen molar-refractivity contribution in [2.45, 2.75) is 64.4 Å². The second-order valence-corrected chi connectivity index (χ2v) is 13.6. The number of carboxylic acid groups (broad SMARTS) is 1. The summed E-state index contributed by atoms with van der Waals surface area (Å²) in [6.45, 7) is 4.69. The molecule has 10 heteroatoms. The molecule has 47 heavy (non-hydrogen) atoms. The molecule has 1 unspecified atom stereocenters. The van der Waals surface area contributed by atoms with Gasteiger partial charge < -0.3 is 25.4 Å². The predicted octanol–water partition coefficient (Wildman–Crippen LogP) is 8.09. The zero-order valence-electron chi connectivity index (χ0n) is 26.7. The minimum Gasteiger partial charge on any atom is -0.493 e. The molecule has 0 aliphatic carbocycles. The van der Waals surface area contributed by atoms with Crippen LogP contribution < -0.4 is 9.47 Å². The van der Waals surface area contributed by atoms with Crippen LogP contribution in [0.4, 0.5) is 0 Å². The van der Waals surface area contributed by atoms with Crippen molar-refractivity contribution in [2.75, 3.05) is 6.61 Å². The summed E-state index contributed by atoms with van der Waals surface area (Å²) in [6.07, 6.45) is 9.35. The average molecular weight is 648 g/mol. The topological polar surface area (TPSA) is 134 Å². The number of aromatic nitrogens is 3. The van der Waals surface area contributed by atoms with Crippen molar-refractivity contribution in [3.8, 4) is 22.6 Å². The fourth-order valence-electron chi connectivity index (χ4n) is 6.95. The number of carbonyl (C=O) groups is 1. The Hall–Kier alpha value is -4.83. The molecule has 3 N–H and O–H groups in total. The first-order valence-electron chi connectivity index (χ1n) is 16.1. The Labute approximate surface area is 276 Å². The van der Waals surface area contributed by atoms with Crippen molar-refractivity contribution in [3.05, 3.63) is 75.9 Å². The number of hydrogen-bond acceptors (Lipinski definition) is 8. The number of carboxylic acids is 1. The molecule has 5 aromatic rings. The molecule has 0 amide bonds. The number of rotatable bonds is 3. The van der Waals surface area contributed by atoms with Crippen molar-refractivity contribution < 1.29 is 19.4 Å². The molecule has 240 valence electrons. The number of hydrogen-bond donors (Lipinski definition) is 3. The van der Waals surface area contributed by atoms with E-state index in [4.69, 9.17) is 19.9 Å². The number of nitrogens with one attached hydrogen (secondary N) is 2. The van der Waals surface area contributed by atoms with Crippen molar-refractivity contribution in [1.29, 1.82) is 10.8 Å². The summed E-state index contributed by atoms with van der Waals surface area (Å²) < 4.78 is 15.3. The van der Waals surface area contributed by atoms with E-state index in [0.29, 0.717) is 34.4 Å². The predicted molar refractivity (Wildman–Crippen MR) is 187 cm³/mol. The Bertz CT molecular complexity index is 2110. The molecule has 0 fully saturated rings. The van der Waals surface area contributed by atoms with Crippen LogP contribution in [-0.4, -0.2) is 50.5 Å². The van der Waals surface area contributed by atoms with E-state index >= 15 is 0 Å². The number of ether oxygens (including phenoxy) is 2. The molecule has 2 atom stereocenters. The molecule has 3 aromatic carbocycles. The van der Waals surface area contributed by atoms with Gasteiger partial charge in [-0.05, 0) is 98.0 Å². The molecule has 4 bridgehead atoms. The van der Waals surface area contributed by atoms with Crippen LogP contribution in [0.5, 0.6) is 11.5 Å². The highest BCUT2D eigenvalue weighted by Gasteiger charge is 2.26. The Morgan fingerprint density at radius 1 is 1.15 bits per heavy atom. The quantitative estimate of drug-likeness (QED) is 0.170. The summed E-state index contributed by atoms with van der Waals surface area (Å²) in [5.74, 6) is 0.952. The van der Waals surface area contributed by atoms with Crippen LogP contribution in [0.1, 0.15) is 72.2 Å². The third-order valence-corrected chi connectivity index (χ3v) is 10.5. The van der Waals surface area contributed by atoms with Crippen LogP contribution >= 0.6 is 11.3 Å². The molecule has 7 rings (SSSR count). The van der Waals surface area contributed by atoms with E-state index in [9.17, 15) is 15.3 Å². The maximum absolute atomic E-state index is 12.1. The molecule has 0 saturated heterocycles. The van der Waals surface area contributed by atoms with Gasteiger partial charge in [-0.1, -0.05) is 12.5 Å². The molecule has 9 nitrogen and oxygen atoms in total. The smallest absolute Gasteiger partial charge is 0.307 e. The standard InChI is InChI=1S/C37H37N5O4S/c1-20-12-30-36-35(26(20)16-34(43)44)23-8-9-32-27(13-23)22(10-11-45-32)7-5-4-6-21(2)46-33-17-31-25(19-40-42(31)3)14-28(33)29(39)15-24(18-38)37(41-30)47-36/h8-9,12-15,17-19,21-22,38-39H,4-7,10-11,16H2,1-3H3,(H,43,44)/b24-15+,38-18?,39-29?/t21-,22?/m0/s1. The summed E-state index contributed by atoms with van der Waals surface area (Å²) in [5.41, 5.74) is 7.56. The van der Waals surface area contributed by atoms with E-state index in [1.807, 2.05) is 44.3 Å². The second-order valence-electron chi connectivity index (χ2n) is 12.6. The highest BCUT2D eigenvalue weighted by molar-refractivity contribution is 7.20. The number of aryl methyl sites for hydroxylation is 2. The summed E-state index contributed by atoms with van der Waals surface area (Å²) >= 11 is 1.42. The van der Waals surface area contributed by atoms with Gasteiger partial charge in [0.1, 0.15) is 16.5 Å². The van der Waals surface area contributed by atoms with Crippen molar-refractivity contribution in [2.24, 2.45) is 7.05 Å². The van der Waals surface area contributed by atoms with Gasteiger partial charge in [0.2, 0.25) is 0 Å². The normalized spacial score (nSPS) is 19.6. The number of fused-ring (bicyclic) bond motifs is 5. The Balaban J connectivity index is 1.44. The van der Waals surface area contributed by atoms with Gasteiger partial charge in [0, 0.05) is 41.4 Å². The van der Waals surface area contributed by atoms with Crippen molar-refractivity contribution >= 4 is 55.9 Å². The van der Waals surface area contributed by atoms with Crippen molar-refractivity contribution in [1.82, 2.24) is 14.8 Å². The largest absolute Gasteiger partial charge is 0.493 e. The zero-order valence-corrected chi connectivity index (χ0v) is 27.5. The van der Waals surface area contributed by atoms with Gasteiger partial charge in [-0.15, -0.1) is 11.3 Å². The van der Waals surface area contributed by atoms with Gasteiger partial charge in [0.15, 0.2) is 0 Å². The van der Waals surface area contributed by atoms with Gasteiger partial charge in [-0.2, -0.15) is 5.10 Å². The van der Waals surface area contributed by atoms with Crippen LogP contribution in [0.2, 0.25) is 0 Å². The van der Waals surface area contributed by atoms with Crippen LogP contribution in [0, 0.1) is 17.7 Å². The molecular formula is C37H37N5O4S. The number of benzene rings is 3. The number of aliphatic carboxylic acids is 1. The van der Waals surface area contributed by atoms with Crippen molar-refractivity contribution in [3.63, 3.8) is 0 Å². The fraction of sp³-hybridized carbons (Fsp3) is 0.324. The van der Waals surface area contributed by atoms with Crippen LogP contribution in [0.3, 0.4) is 0 Å². The minimum atomic E-state index is -0.894. The first-order valence-corrected chi connectivity index (χ1v) is 16.9. The number of nitrogens with zero attached hydrogens (tertiary/aromatic N) is 3. The van der Waals surface area contributed by atoms with E-state index in [0.717, 1.165) is 81.2 Å². The SMILES string of the molecule is Cc1cc2nc3sc2c(c1CC(=O)O)-c1ccc2c(c1)C(CCCC[C@H](C)Oc1cc4c(cnn4C)cc1C(=N)/C=C/3C=N)CCO2. The van der Waals surface area contributed by atoms with Gasteiger partial charge in [-0.25, -0.2) is 4.98 Å². The highest BCUT2D eigenvalue weighted by Crippen LogP contribution is 2.44. The lowest BCUT2D eigenvalue weighted by Gasteiger charge is -2.27. The van der Waals surface area contributed by atoms with E-state index < -0.39 is 5.97 Å². The van der Waals surface area contributed by atoms with Gasteiger partial charge in [0.25, 0.3) is 0 Å². The summed E-state index contributed by atoms with van der Waals surface area (Å²) in [6, 6.07) is 12.1. The van der Waals surface area contributed by atoms with E-state index in [2.05, 4.69) is 18.1 Å². The maximum atomic E-state index is 12.1. The molecule has 2 aliphatic heterocycles. The molecule has 4 heterocycles. The van der Waals surface area contributed by atoms with Gasteiger partial charge in [0.05, 0.1) is 46.8 Å². The lowest BCUT2D eigenvalue weighted by Crippen LogP contribution is -2.16. The molecule has 2 aromatic heterocycles. The van der Waals surface area contributed by atoms with Crippen LogP contribution in [0.15, 0.2) is 48.7 Å². The molecule has 0 spiro atoms. The zero-order chi connectivity index (χ0) is 32.8. The van der Waals surface area contributed by atoms with E-state index in [1.165, 1.54) is 23.1 Å². The third-order valence-electron chi connectivity index (χ3n) is 9.38. The lowest BCUT2D eigenvalue weighted by molar-refractivity contribution is -0.136. The first-order chi connectivity index (χ1) is 22.7. The van der Waals surface area contributed by atoms with Gasteiger partial charge in [-0.3, -0.25) is 9.48 Å². The summed E-state index contributed by atoms with van der Waals surface area (Å²) in [7, 11) is 1.89. The van der Waals surface area contributed by atoms with Gasteiger partial charge >= 0.3 is 5.97 Å². The van der Waals surface area contributed by atoms with Crippen LogP contribution in [0.25, 0.3) is 37.8 Å². The fourth-order valence-corrected chi connectivity index (χ4v) is 8.07. The maximum Gasteiger partial charge on any atom is 0.307 e. The average Bonchev–Trinajstić information content (AvgIpc) is 3.63. The highest BCUT2D eigenvalue weighted by atomic mass is 32.1. The Morgan fingerprint density at radius 2 is 1.98 bits per heavy atom. The lowest BCUT2D eigenvalue weighted by atomic mass is 9.85.